The van der Waals surface area contributed by atoms with Crippen LogP contribution in [0.2, 0.25) is 0 Å². The number of nitrogens with zero attached hydrogens (tertiary/aromatic N) is 1. The number of hydrogen-bond acceptors (Lipinski definition) is 7. The van der Waals surface area contributed by atoms with Crippen LogP contribution in [0.5, 0.6) is 0 Å². The summed E-state index contributed by atoms with van der Waals surface area (Å²) in [6.07, 6.45) is 0. The third-order valence-electron chi connectivity index (χ3n) is 3.95. The van der Waals surface area contributed by atoms with Crippen LogP contribution in [0, 0.1) is 10.1 Å². The average molecular weight is 362 g/mol. The van der Waals surface area contributed by atoms with Gasteiger partial charge in [0.1, 0.15) is 6.61 Å². The SMILES string of the molecule is CC1=C(C(=O)O)C(c2cccc([N+](=O)[O-])c2)C(C(=O)OCCO)=C(C)N1. The molecule has 1 aromatic carbocycles. The molecule has 138 valence electrons. The van der Waals surface area contributed by atoms with Crippen LogP contribution in [0.4, 0.5) is 5.69 Å². The Hall–Kier alpha value is -3.20. The molecule has 0 radical (unpaired) electrons. The zero-order chi connectivity index (χ0) is 19.4. The minimum absolute atomic E-state index is 0.0296. The van der Waals surface area contributed by atoms with E-state index >= 15 is 0 Å². The average Bonchev–Trinajstić information content (AvgIpc) is 2.58. The van der Waals surface area contributed by atoms with Gasteiger partial charge < -0.3 is 20.3 Å². The van der Waals surface area contributed by atoms with Gasteiger partial charge in [-0.1, -0.05) is 12.1 Å². The van der Waals surface area contributed by atoms with Gasteiger partial charge in [0.15, 0.2) is 0 Å². The lowest BCUT2D eigenvalue weighted by atomic mass is 9.80. The van der Waals surface area contributed by atoms with Gasteiger partial charge in [0.05, 0.1) is 28.6 Å². The van der Waals surface area contributed by atoms with E-state index in [1.54, 1.807) is 13.8 Å². The number of non-ortho nitro benzene ring substituents is 1. The molecule has 0 fully saturated rings. The summed E-state index contributed by atoms with van der Waals surface area (Å²) in [4.78, 5) is 34.7. The number of aliphatic hydroxyl groups is 1. The molecule has 1 aliphatic rings. The number of nitrogens with one attached hydrogen (secondary N) is 1. The predicted molar refractivity (Wildman–Crippen MR) is 90.1 cm³/mol. The van der Waals surface area contributed by atoms with Crippen molar-refractivity contribution in [1.29, 1.82) is 0 Å². The van der Waals surface area contributed by atoms with Crippen molar-refractivity contribution in [3.63, 3.8) is 0 Å². The van der Waals surface area contributed by atoms with Gasteiger partial charge in [0, 0.05) is 23.5 Å². The van der Waals surface area contributed by atoms with E-state index in [-0.39, 0.29) is 35.6 Å². The first-order chi connectivity index (χ1) is 12.3. The van der Waals surface area contributed by atoms with Crippen molar-refractivity contribution < 1.29 is 29.5 Å². The molecule has 1 unspecified atom stereocenters. The monoisotopic (exact) mass is 362 g/mol. The Bertz CT molecular complexity index is 826. The summed E-state index contributed by atoms with van der Waals surface area (Å²) >= 11 is 0. The van der Waals surface area contributed by atoms with Crippen molar-refractivity contribution in [1.82, 2.24) is 5.32 Å². The van der Waals surface area contributed by atoms with Crippen molar-refractivity contribution in [2.45, 2.75) is 19.8 Å². The lowest BCUT2D eigenvalue weighted by Gasteiger charge is -2.29. The summed E-state index contributed by atoms with van der Waals surface area (Å²) in [6, 6.07) is 5.46. The second-order valence-electron chi connectivity index (χ2n) is 5.65. The zero-order valence-electron chi connectivity index (χ0n) is 14.2. The number of carbonyl (C=O) groups is 2. The molecule has 9 nitrogen and oxygen atoms in total. The van der Waals surface area contributed by atoms with E-state index in [9.17, 15) is 24.8 Å². The fourth-order valence-corrected chi connectivity index (χ4v) is 2.92. The van der Waals surface area contributed by atoms with Gasteiger partial charge in [-0.2, -0.15) is 0 Å². The molecule has 2 rings (SSSR count). The number of carboxylic acids is 1. The number of carboxylic acid groups (broad SMARTS) is 1. The smallest absolute Gasteiger partial charge is 0.336 e. The van der Waals surface area contributed by atoms with Crippen molar-refractivity contribution in [2.24, 2.45) is 0 Å². The van der Waals surface area contributed by atoms with E-state index in [4.69, 9.17) is 9.84 Å². The molecule has 1 aromatic rings. The first-order valence-electron chi connectivity index (χ1n) is 7.72. The summed E-state index contributed by atoms with van der Waals surface area (Å²) in [6.45, 7) is 2.51. The first-order valence-corrected chi connectivity index (χ1v) is 7.72. The quantitative estimate of drug-likeness (QED) is 0.392. The Morgan fingerprint density at radius 1 is 1.27 bits per heavy atom. The summed E-state index contributed by atoms with van der Waals surface area (Å²) < 4.78 is 4.96. The summed E-state index contributed by atoms with van der Waals surface area (Å²) in [5.41, 5.74) is 0.697. The van der Waals surface area contributed by atoms with Gasteiger partial charge in [-0.25, -0.2) is 9.59 Å². The highest BCUT2D eigenvalue weighted by atomic mass is 16.6. The van der Waals surface area contributed by atoms with Crippen molar-refractivity contribution in [3.8, 4) is 0 Å². The van der Waals surface area contributed by atoms with Gasteiger partial charge in [-0.15, -0.1) is 0 Å². The Morgan fingerprint density at radius 2 is 1.92 bits per heavy atom. The van der Waals surface area contributed by atoms with Crippen LogP contribution in [0.25, 0.3) is 0 Å². The number of allylic oxidation sites excluding steroid dienone is 2. The number of rotatable bonds is 6. The number of ether oxygens (including phenoxy) is 1. The Kier molecular flexibility index (Phi) is 5.73. The van der Waals surface area contributed by atoms with E-state index in [0.717, 1.165) is 0 Å². The van der Waals surface area contributed by atoms with Crippen LogP contribution in [-0.2, 0) is 14.3 Å². The normalized spacial score (nSPS) is 17.0. The molecule has 26 heavy (non-hydrogen) atoms. The standard InChI is InChI=1S/C17H18N2O7/c1-9-13(16(21)22)15(11-4-3-5-12(8-11)19(24)25)14(10(2)18-9)17(23)26-7-6-20/h3-5,8,15,18,20H,6-7H2,1-2H3,(H,21,22). The maximum absolute atomic E-state index is 12.5. The Labute approximate surface area is 148 Å². The number of benzene rings is 1. The van der Waals surface area contributed by atoms with Crippen LogP contribution < -0.4 is 5.32 Å². The zero-order valence-corrected chi connectivity index (χ0v) is 14.2. The van der Waals surface area contributed by atoms with Gasteiger partial charge in [0.2, 0.25) is 0 Å². The number of hydrogen-bond donors (Lipinski definition) is 3. The Balaban J connectivity index is 2.64. The van der Waals surface area contributed by atoms with E-state index in [0.29, 0.717) is 11.4 Å². The molecule has 9 heteroatoms. The minimum Gasteiger partial charge on any atom is -0.478 e. The van der Waals surface area contributed by atoms with E-state index in [1.165, 1.54) is 24.3 Å². The second-order valence-corrected chi connectivity index (χ2v) is 5.65. The number of nitro benzene ring substituents is 1. The maximum atomic E-state index is 12.5. The molecule has 1 heterocycles. The maximum Gasteiger partial charge on any atom is 0.336 e. The summed E-state index contributed by atoms with van der Waals surface area (Å²) in [5, 5.41) is 32.4. The fourth-order valence-electron chi connectivity index (χ4n) is 2.92. The third kappa shape index (κ3) is 3.72. The van der Waals surface area contributed by atoms with E-state index in [1.807, 2.05) is 0 Å². The number of dihydropyridines is 1. The lowest BCUT2D eigenvalue weighted by molar-refractivity contribution is -0.384. The van der Waals surface area contributed by atoms with Crippen LogP contribution in [-0.4, -0.2) is 40.3 Å². The van der Waals surface area contributed by atoms with Gasteiger partial charge in [-0.3, -0.25) is 10.1 Å². The predicted octanol–water partition coefficient (Wildman–Crippen LogP) is 1.45. The lowest BCUT2D eigenvalue weighted by Crippen LogP contribution is -2.32. The highest BCUT2D eigenvalue weighted by molar-refractivity contribution is 5.99. The fraction of sp³-hybridized carbons (Fsp3) is 0.294. The van der Waals surface area contributed by atoms with Gasteiger partial charge in [-0.05, 0) is 19.4 Å². The van der Waals surface area contributed by atoms with Crippen molar-refractivity contribution in [2.75, 3.05) is 13.2 Å². The molecule has 0 aromatic heterocycles. The second kappa shape index (κ2) is 7.79. The molecule has 0 saturated carbocycles. The van der Waals surface area contributed by atoms with E-state index in [2.05, 4.69) is 5.32 Å². The molecule has 1 aliphatic heterocycles. The van der Waals surface area contributed by atoms with Crippen LogP contribution in [0.1, 0.15) is 25.3 Å². The highest BCUT2D eigenvalue weighted by Gasteiger charge is 2.37. The molecule has 1 atom stereocenters. The minimum atomic E-state index is -1.26. The number of aliphatic carboxylic acids is 1. The van der Waals surface area contributed by atoms with Crippen LogP contribution in [0.3, 0.4) is 0 Å². The molecular weight excluding hydrogens is 344 g/mol. The highest BCUT2D eigenvalue weighted by Crippen LogP contribution is 2.39. The number of nitro groups is 1. The molecule has 0 amide bonds. The van der Waals surface area contributed by atoms with Crippen molar-refractivity contribution in [3.05, 3.63) is 62.5 Å². The molecule has 0 spiro atoms. The third-order valence-corrected chi connectivity index (χ3v) is 3.95. The Morgan fingerprint density at radius 3 is 2.50 bits per heavy atom. The number of carbonyl (C=O) groups excluding carboxylic acids is 1. The van der Waals surface area contributed by atoms with E-state index < -0.39 is 22.8 Å². The summed E-state index contributed by atoms with van der Waals surface area (Å²) in [5.74, 6) is -3.10. The van der Waals surface area contributed by atoms with Crippen molar-refractivity contribution >= 4 is 17.6 Å². The topological polar surface area (TPSA) is 139 Å². The number of esters is 1. The first kappa shape index (κ1) is 19.1. The molecular formula is C17H18N2O7. The van der Waals surface area contributed by atoms with Crippen LogP contribution >= 0.6 is 0 Å². The molecule has 0 saturated heterocycles. The van der Waals surface area contributed by atoms with Crippen LogP contribution in [0.15, 0.2) is 46.8 Å². The summed E-state index contributed by atoms with van der Waals surface area (Å²) in [7, 11) is 0. The number of aliphatic hydroxyl groups excluding tert-OH is 1. The molecule has 0 bridgehead atoms. The molecule has 3 N–H and O–H groups in total. The largest absolute Gasteiger partial charge is 0.478 e. The molecule has 0 aliphatic carbocycles. The van der Waals surface area contributed by atoms with Gasteiger partial charge in [0.25, 0.3) is 5.69 Å². The van der Waals surface area contributed by atoms with Gasteiger partial charge >= 0.3 is 11.9 Å².